The number of rotatable bonds is 5. The Hall–Kier alpha value is -1.88. The fourth-order valence-corrected chi connectivity index (χ4v) is 2.17. The van der Waals surface area contributed by atoms with E-state index in [1.165, 1.54) is 0 Å². The van der Waals surface area contributed by atoms with E-state index in [2.05, 4.69) is 5.32 Å². The summed E-state index contributed by atoms with van der Waals surface area (Å²) in [7, 11) is 0. The van der Waals surface area contributed by atoms with E-state index in [0.29, 0.717) is 18.1 Å². The number of carboxylic acid groups (broad SMARTS) is 1. The van der Waals surface area contributed by atoms with Gasteiger partial charge in [0.15, 0.2) is 0 Å². The highest BCUT2D eigenvalue weighted by Gasteiger charge is 2.19. The van der Waals surface area contributed by atoms with Crippen molar-refractivity contribution in [3.8, 4) is 0 Å². The molecule has 1 amide bonds. The Labute approximate surface area is 117 Å². The van der Waals surface area contributed by atoms with Crippen LogP contribution >= 0.6 is 0 Å². The predicted octanol–water partition coefficient (Wildman–Crippen LogP) is 1.64. The van der Waals surface area contributed by atoms with Crippen LogP contribution in [0.15, 0.2) is 24.3 Å². The van der Waals surface area contributed by atoms with Crippen molar-refractivity contribution in [2.45, 2.75) is 19.3 Å². The Morgan fingerprint density at radius 3 is 2.95 bits per heavy atom. The minimum absolute atomic E-state index is 0.130. The molecule has 0 spiro atoms. The van der Waals surface area contributed by atoms with Crippen LogP contribution in [0.5, 0.6) is 0 Å². The van der Waals surface area contributed by atoms with E-state index in [0.717, 1.165) is 18.6 Å². The van der Waals surface area contributed by atoms with Crippen LogP contribution < -0.4 is 5.32 Å². The van der Waals surface area contributed by atoms with Crippen LogP contribution in [0, 0.1) is 5.92 Å². The van der Waals surface area contributed by atoms with Gasteiger partial charge in [-0.05, 0) is 24.1 Å². The van der Waals surface area contributed by atoms with E-state index in [9.17, 15) is 9.59 Å². The van der Waals surface area contributed by atoms with E-state index in [-0.39, 0.29) is 12.5 Å². The summed E-state index contributed by atoms with van der Waals surface area (Å²) in [5.41, 5.74) is 1.66. The average molecular weight is 277 g/mol. The highest BCUT2D eigenvalue weighted by Crippen LogP contribution is 2.25. The summed E-state index contributed by atoms with van der Waals surface area (Å²) in [6, 6.07) is 7.44. The summed E-state index contributed by atoms with van der Waals surface area (Å²) in [5, 5.41) is 11.4. The SMILES string of the molecule is CC(CNC(=O)c1cccc(C2CCOC2)c1)C(=O)O. The number of nitrogens with one attached hydrogen (secondary N) is 1. The molecule has 0 radical (unpaired) electrons. The predicted molar refractivity (Wildman–Crippen MR) is 73.8 cm³/mol. The summed E-state index contributed by atoms with van der Waals surface area (Å²) in [4.78, 5) is 22.7. The lowest BCUT2D eigenvalue weighted by molar-refractivity contribution is -0.140. The number of carbonyl (C=O) groups is 2. The van der Waals surface area contributed by atoms with Crippen molar-refractivity contribution in [1.82, 2.24) is 5.32 Å². The lowest BCUT2D eigenvalue weighted by Crippen LogP contribution is -2.31. The van der Waals surface area contributed by atoms with Crippen molar-refractivity contribution in [3.63, 3.8) is 0 Å². The fourth-order valence-electron chi connectivity index (χ4n) is 2.17. The van der Waals surface area contributed by atoms with Crippen LogP contribution in [-0.4, -0.2) is 36.7 Å². The van der Waals surface area contributed by atoms with Gasteiger partial charge in [-0.2, -0.15) is 0 Å². The molecule has 0 aliphatic carbocycles. The van der Waals surface area contributed by atoms with Gasteiger partial charge >= 0.3 is 5.97 Å². The third-order valence-corrected chi connectivity index (χ3v) is 3.54. The molecule has 1 aromatic carbocycles. The molecule has 1 saturated heterocycles. The van der Waals surface area contributed by atoms with Gasteiger partial charge in [0.05, 0.1) is 12.5 Å². The van der Waals surface area contributed by atoms with Crippen LogP contribution in [0.25, 0.3) is 0 Å². The van der Waals surface area contributed by atoms with E-state index in [1.807, 2.05) is 18.2 Å². The van der Waals surface area contributed by atoms with Gasteiger partial charge in [0, 0.05) is 24.6 Å². The normalized spacial score (nSPS) is 19.6. The van der Waals surface area contributed by atoms with Gasteiger partial charge in [-0.15, -0.1) is 0 Å². The summed E-state index contributed by atoms with van der Waals surface area (Å²) < 4.78 is 5.35. The summed E-state index contributed by atoms with van der Waals surface area (Å²) >= 11 is 0. The Morgan fingerprint density at radius 2 is 2.30 bits per heavy atom. The highest BCUT2D eigenvalue weighted by molar-refractivity contribution is 5.94. The van der Waals surface area contributed by atoms with Crippen molar-refractivity contribution in [2.24, 2.45) is 5.92 Å². The molecular weight excluding hydrogens is 258 g/mol. The van der Waals surface area contributed by atoms with Gasteiger partial charge in [-0.25, -0.2) is 0 Å². The first-order valence-electron chi connectivity index (χ1n) is 6.76. The van der Waals surface area contributed by atoms with Gasteiger partial charge in [-0.3, -0.25) is 9.59 Å². The lowest BCUT2D eigenvalue weighted by atomic mass is 9.96. The standard InChI is InChI=1S/C15H19NO4/c1-10(15(18)19)8-16-14(17)12-4-2-3-11(7-12)13-5-6-20-9-13/h2-4,7,10,13H,5-6,8-9H2,1H3,(H,16,17)(H,18,19). The van der Waals surface area contributed by atoms with Gasteiger partial charge in [0.25, 0.3) is 5.91 Å². The number of hydrogen-bond acceptors (Lipinski definition) is 3. The number of hydrogen-bond donors (Lipinski definition) is 2. The number of carboxylic acids is 1. The first kappa shape index (κ1) is 14.5. The molecule has 2 atom stereocenters. The number of carbonyl (C=O) groups excluding carboxylic acids is 1. The molecule has 2 rings (SSSR count). The van der Waals surface area contributed by atoms with Crippen LogP contribution in [0.2, 0.25) is 0 Å². The Bertz CT molecular complexity index is 494. The van der Waals surface area contributed by atoms with Crippen LogP contribution in [-0.2, 0) is 9.53 Å². The maximum Gasteiger partial charge on any atom is 0.308 e. The quantitative estimate of drug-likeness (QED) is 0.858. The second-order valence-corrected chi connectivity index (χ2v) is 5.14. The summed E-state index contributed by atoms with van der Waals surface area (Å²) in [6.07, 6.45) is 0.973. The molecule has 0 aromatic heterocycles. The number of aliphatic carboxylic acids is 1. The molecule has 1 aliphatic rings. The van der Waals surface area contributed by atoms with E-state index in [4.69, 9.17) is 9.84 Å². The Kier molecular flexibility index (Phi) is 4.74. The molecule has 1 aromatic rings. The third-order valence-electron chi connectivity index (χ3n) is 3.54. The molecule has 1 heterocycles. The second kappa shape index (κ2) is 6.52. The van der Waals surface area contributed by atoms with E-state index in [1.54, 1.807) is 13.0 Å². The minimum Gasteiger partial charge on any atom is -0.481 e. The molecule has 1 aliphatic heterocycles. The zero-order valence-corrected chi connectivity index (χ0v) is 11.5. The van der Waals surface area contributed by atoms with Crippen LogP contribution in [0.4, 0.5) is 0 Å². The number of amides is 1. The van der Waals surface area contributed by atoms with Gasteiger partial charge < -0.3 is 15.2 Å². The Morgan fingerprint density at radius 1 is 1.50 bits per heavy atom. The molecule has 0 saturated carbocycles. The topological polar surface area (TPSA) is 75.6 Å². The maximum atomic E-state index is 12.0. The zero-order valence-electron chi connectivity index (χ0n) is 11.5. The molecule has 20 heavy (non-hydrogen) atoms. The van der Waals surface area contributed by atoms with Gasteiger partial charge in [0.1, 0.15) is 0 Å². The smallest absolute Gasteiger partial charge is 0.308 e. The van der Waals surface area contributed by atoms with Crippen LogP contribution in [0.3, 0.4) is 0 Å². The highest BCUT2D eigenvalue weighted by atomic mass is 16.5. The van der Waals surface area contributed by atoms with Crippen molar-refractivity contribution >= 4 is 11.9 Å². The third kappa shape index (κ3) is 3.57. The van der Waals surface area contributed by atoms with Crippen molar-refractivity contribution in [1.29, 1.82) is 0 Å². The van der Waals surface area contributed by atoms with E-state index >= 15 is 0 Å². The van der Waals surface area contributed by atoms with E-state index < -0.39 is 11.9 Å². The second-order valence-electron chi connectivity index (χ2n) is 5.14. The number of ether oxygens (including phenoxy) is 1. The molecular formula is C15H19NO4. The largest absolute Gasteiger partial charge is 0.481 e. The van der Waals surface area contributed by atoms with Gasteiger partial charge in [-0.1, -0.05) is 19.1 Å². The average Bonchev–Trinajstić information content (AvgIpc) is 2.98. The van der Waals surface area contributed by atoms with Crippen molar-refractivity contribution in [2.75, 3.05) is 19.8 Å². The molecule has 108 valence electrons. The van der Waals surface area contributed by atoms with Crippen molar-refractivity contribution < 1.29 is 19.4 Å². The summed E-state index contributed by atoms with van der Waals surface area (Å²) in [5.74, 6) is -1.40. The zero-order chi connectivity index (χ0) is 14.5. The number of benzene rings is 1. The Balaban J connectivity index is 1.99. The first-order valence-corrected chi connectivity index (χ1v) is 6.76. The molecule has 0 bridgehead atoms. The fraction of sp³-hybridized carbons (Fsp3) is 0.467. The molecule has 1 fully saturated rings. The van der Waals surface area contributed by atoms with Crippen LogP contribution in [0.1, 0.15) is 35.2 Å². The molecule has 5 heteroatoms. The maximum absolute atomic E-state index is 12.0. The molecule has 2 unspecified atom stereocenters. The first-order chi connectivity index (χ1) is 9.58. The molecule has 5 nitrogen and oxygen atoms in total. The monoisotopic (exact) mass is 277 g/mol. The van der Waals surface area contributed by atoms with Crippen molar-refractivity contribution in [3.05, 3.63) is 35.4 Å². The summed E-state index contributed by atoms with van der Waals surface area (Å²) in [6.45, 7) is 3.15. The minimum atomic E-state index is -0.915. The lowest BCUT2D eigenvalue weighted by Gasteiger charge is -2.11. The molecule has 2 N–H and O–H groups in total. The van der Waals surface area contributed by atoms with Gasteiger partial charge in [0.2, 0.25) is 0 Å².